The van der Waals surface area contributed by atoms with Crippen LogP contribution in [0, 0.1) is 11.6 Å². The van der Waals surface area contributed by atoms with Crippen molar-refractivity contribution in [3.8, 4) is 5.75 Å². The van der Waals surface area contributed by atoms with Crippen molar-refractivity contribution in [1.82, 2.24) is 14.9 Å². The van der Waals surface area contributed by atoms with Crippen molar-refractivity contribution in [2.24, 2.45) is 0 Å². The van der Waals surface area contributed by atoms with Crippen molar-refractivity contribution in [2.75, 3.05) is 26.2 Å². The first-order valence-corrected chi connectivity index (χ1v) is 9.87. The number of hydrogen-bond acceptors (Lipinski definition) is 2. The van der Waals surface area contributed by atoms with Gasteiger partial charge in [-0.2, -0.15) is 0 Å². The highest BCUT2D eigenvalue weighted by Gasteiger charge is 2.19. The molecule has 1 aliphatic rings. The Balaban J connectivity index is 1.62. The second kappa shape index (κ2) is 6.19. The molecular weight excluding hydrogens is 372 g/mol. The van der Waals surface area contributed by atoms with Gasteiger partial charge in [0.25, 0.3) is 0 Å². The number of aromatic amines is 2. The highest BCUT2D eigenvalue weighted by molar-refractivity contribution is 6.20. The van der Waals surface area contributed by atoms with Crippen molar-refractivity contribution < 1.29 is 13.5 Å². The van der Waals surface area contributed by atoms with Gasteiger partial charge in [-0.1, -0.05) is 0 Å². The van der Waals surface area contributed by atoms with Gasteiger partial charge >= 0.3 is 0 Å². The Morgan fingerprint density at radius 1 is 0.793 bits per heavy atom. The summed E-state index contributed by atoms with van der Waals surface area (Å²) in [7, 11) is 0. The standard InChI is InChI=1S/C23H19F2N3O/c24-13-2-4-19-15(10-13)17-12-18-16-11-14(25)3-5-20(16)27-22(18)23(21(17)26-19)29-9-8-28-6-1-7-28/h2-5,10-12,26-27H,1,6-9H2. The molecular formula is C23H19F2N3O. The van der Waals surface area contributed by atoms with Crippen molar-refractivity contribution >= 4 is 43.6 Å². The van der Waals surface area contributed by atoms with Gasteiger partial charge in [-0.25, -0.2) is 8.78 Å². The fraction of sp³-hybridized carbons (Fsp3) is 0.217. The Labute approximate surface area is 165 Å². The number of benzene rings is 3. The molecule has 0 spiro atoms. The highest BCUT2D eigenvalue weighted by atomic mass is 19.1. The van der Waals surface area contributed by atoms with Gasteiger partial charge in [-0.05, 0) is 62.0 Å². The molecule has 6 rings (SSSR count). The molecule has 0 amide bonds. The van der Waals surface area contributed by atoms with Crippen LogP contribution in [0.4, 0.5) is 8.78 Å². The first kappa shape index (κ1) is 16.8. The molecule has 5 aromatic rings. The third kappa shape index (κ3) is 2.59. The molecule has 3 heterocycles. The average molecular weight is 391 g/mol. The second-order valence-corrected chi connectivity index (χ2v) is 7.72. The number of H-pyrrole nitrogens is 2. The molecule has 1 aliphatic heterocycles. The van der Waals surface area contributed by atoms with E-state index in [1.165, 1.54) is 30.7 Å². The van der Waals surface area contributed by atoms with Crippen LogP contribution in [0.5, 0.6) is 5.75 Å². The van der Waals surface area contributed by atoms with E-state index in [2.05, 4.69) is 14.9 Å². The maximum atomic E-state index is 13.9. The summed E-state index contributed by atoms with van der Waals surface area (Å²) in [6.07, 6.45) is 1.24. The lowest BCUT2D eigenvalue weighted by Gasteiger charge is -2.30. The Bertz CT molecular complexity index is 1300. The molecule has 0 bridgehead atoms. The summed E-state index contributed by atoms with van der Waals surface area (Å²) < 4.78 is 34.1. The Kier molecular flexibility index (Phi) is 3.59. The topological polar surface area (TPSA) is 44.0 Å². The molecule has 0 aliphatic carbocycles. The molecule has 0 atom stereocenters. The van der Waals surface area contributed by atoms with Crippen molar-refractivity contribution in [3.05, 3.63) is 54.1 Å². The van der Waals surface area contributed by atoms with E-state index in [0.717, 1.165) is 63.2 Å². The fourth-order valence-electron chi connectivity index (χ4n) is 4.32. The summed E-state index contributed by atoms with van der Waals surface area (Å²) in [5, 5.41) is 3.33. The number of fused-ring (bicyclic) bond motifs is 6. The van der Waals surface area contributed by atoms with E-state index in [1.807, 2.05) is 6.07 Å². The monoisotopic (exact) mass is 391 g/mol. The van der Waals surface area contributed by atoms with Crippen molar-refractivity contribution in [2.45, 2.75) is 6.42 Å². The normalized spacial score (nSPS) is 15.0. The van der Waals surface area contributed by atoms with E-state index < -0.39 is 0 Å². The van der Waals surface area contributed by atoms with Crippen LogP contribution >= 0.6 is 0 Å². The predicted octanol–water partition coefficient (Wildman–Crippen LogP) is 5.32. The third-order valence-electron chi connectivity index (χ3n) is 5.95. The molecule has 29 heavy (non-hydrogen) atoms. The summed E-state index contributed by atoms with van der Waals surface area (Å²) in [5.41, 5.74) is 3.34. The van der Waals surface area contributed by atoms with Gasteiger partial charge in [-0.3, -0.25) is 4.90 Å². The number of likely N-dealkylation sites (tertiary alicyclic amines) is 1. The second-order valence-electron chi connectivity index (χ2n) is 7.72. The first-order chi connectivity index (χ1) is 14.2. The quantitative estimate of drug-likeness (QED) is 0.436. The molecule has 3 aromatic carbocycles. The Morgan fingerprint density at radius 3 is 1.90 bits per heavy atom. The highest BCUT2D eigenvalue weighted by Crippen LogP contribution is 2.41. The minimum Gasteiger partial charge on any atom is -0.488 e. The number of hydrogen-bond donors (Lipinski definition) is 2. The minimum atomic E-state index is -0.288. The van der Waals surface area contributed by atoms with Gasteiger partial charge in [0.15, 0.2) is 5.75 Å². The van der Waals surface area contributed by atoms with E-state index in [4.69, 9.17) is 4.74 Å². The summed E-state index contributed by atoms with van der Waals surface area (Å²) in [5.74, 6) is 0.124. The lowest BCUT2D eigenvalue weighted by molar-refractivity contribution is 0.148. The van der Waals surface area contributed by atoms with Crippen LogP contribution in [-0.2, 0) is 0 Å². The van der Waals surface area contributed by atoms with Crippen molar-refractivity contribution in [1.29, 1.82) is 0 Å². The van der Waals surface area contributed by atoms with Crippen LogP contribution in [0.1, 0.15) is 6.42 Å². The van der Waals surface area contributed by atoms with E-state index in [9.17, 15) is 8.78 Å². The molecule has 6 heteroatoms. The lowest BCUT2D eigenvalue weighted by Crippen LogP contribution is -2.39. The maximum absolute atomic E-state index is 13.9. The van der Waals surface area contributed by atoms with Crippen LogP contribution < -0.4 is 4.74 Å². The third-order valence-corrected chi connectivity index (χ3v) is 5.95. The predicted molar refractivity (Wildman–Crippen MR) is 112 cm³/mol. The van der Waals surface area contributed by atoms with Gasteiger partial charge < -0.3 is 14.7 Å². The lowest BCUT2D eigenvalue weighted by atomic mass is 10.1. The van der Waals surface area contributed by atoms with Crippen molar-refractivity contribution in [3.63, 3.8) is 0 Å². The summed E-state index contributed by atoms with van der Waals surface area (Å²) in [6, 6.07) is 11.4. The van der Waals surface area contributed by atoms with Crippen LogP contribution in [0.15, 0.2) is 42.5 Å². The van der Waals surface area contributed by atoms with Crippen LogP contribution in [0.3, 0.4) is 0 Å². The largest absolute Gasteiger partial charge is 0.488 e. The van der Waals surface area contributed by atoms with Crippen LogP contribution in [0.25, 0.3) is 43.6 Å². The molecule has 4 nitrogen and oxygen atoms in total. The zero-order valence-electron chi connectivity index (χ0n) is 15.7. The molecule has 0 radical (unpaired) electrons. The summed E-state index contributed by atoms with van der Waals surface area (Å²) in [4.78, 5) is 9.12. The van der Waals surface area contributed by atoms with Gasteiger partial charge in [0.2, 0.25) is 0 Å². The van der Waals surface area contributed by atoms with Gasteiger partial charge in [0.05, 0.1) is 11.0 Å². The van der Waals surface area contributed by atoms with Crippen LogP contribution in [-0.4, -0.2) is 41.1 Å². The number of rotatable bonds is 4. The number of aromatic nitrogens is 2. The number of nitrogens with zero attached hydrogens (tertiary/aromatic N) is 1. The Hall–Kier alpha value is -3.12. The van der Waals surface area contributed by atoms with Gasteiger partial charge in [-0.15, -0.1) is 0 Å². The summed E-state index contributed by atoms with van der Waals surface area (Å²) >= 11 is 0. The first-order valence-electron chi connectivity index (χ1n) is 9.87. The maximum Gasteiger partial charge on any atom is 0.167 e. The summed E-state index contributed by atoms with van der Waals surface area (Å²) in [6.45, 7) is 3.64. The number of ether oxygens (including phenoxy) is 1. The van der Waals surface area contributed by atoms with E-state index in [-0.39, 0.29) is 11.6 Å². The van der Waals surface area contributed by atoms with Gasteiger partial charge in [0.1, 0.15) is 18.2 Å². The molecule has 0 saturated carbocycles. The zero-order valence-corrected chi connectivity index (χ0v) is 15.7. The average Bonchev–Trinajstić information content (AvgIpc) is 3.21. The molecule has 0 unspecified atom stereocenters. The van der Waals surface area contributed by atoms with E-state index >= 15 is 0 Å². The van der Waals surface area contributed by atoms with Crippen LogP contribution in [0.2, 0.25) is 0 Å². The minimum absolute atomic E-state index is 0.288. The van der Waals surface area contributed by atoms with E-state index in [1.54, 1.807) is 12.1 Å². The number of halogens is 2. The molecule has 2 aromatic heterocycles. The zero-order chi connectivity index (χ0) is 19.5. The molecule has 2 N–H and O–H groups in total. The molecule has 1 fully saturated rings. The fourth-order valence-corrected chi connectivity index (χ4v) is 4.32. The van der Waals surface area contributed by atoms with Gasteiger partial charge in [0, 0.05) is 39.1 Å². The Morgan fingerprint density at radius 2 is 1.38 bits per heavy atom. The van der Waals surface area contributed by atoms with E-state index in [0.29, 0.717) is 12.4 Å². The molecule has 146 valence electrons. The SMILES string of the molecule is Fc1ccc2[nH]c3c(OCCN4CCC4)c4[nH]c5ccc(F)cc5c4cc3c2c1. The number of nitrogens with one attached hydrogen (secondary N) is 2. The smallest absolute Gasteiger partial charge is 0.167 e. The molecule has 1 saturated heterocycles.